The molecule has 1 fully saturated rings. The molecule has 1 aliphatic carbocycles. The highest BCUT2D eigenvalue weighted by Crippen LogP contribution is 2.27. The Bertz CT molecular complexity index is 564. The molecule has 0 aliphatic heterocycles. The summed E-state index contributed by atoms with van der Waals surface area (Å²) in [7, 11) is 1.88. The van der Waals surface area contributed by atoms with E-state index in [1.807, 2.05) is 37.1 Å². The van der Waals surface area contributed by atoms with E-state index in [9.17, 15) is 4.79 Å². The summed E-state index contributed by atoms with van der Waals surface area (Å²) in [5, 5.41) is 8.74. The van der Waals surface area contributed by atoms with Gasteiger partial charge in [-0.15, -0.1) is 0 Å². The minimum absolute atomic E-state index is 0.0780. The number of benzene rings is 1. The fraction of sp³-hybridized carbons (Fsp3) is 0.500. The summed E-state index contributed by atoms with van der Waals surface area (Å²) < 4.78 is 0. The van der Waals surface area contributed by atoms with Crippen molar-refractivity contribution in [2.45, 2.75) is 32.6 Å². The normalized spacial score (nSPS) is 14.0. The zero-order chi connectivity index (χ0) is 15.2. The molecule has 0 radical (unpaired) electrons. The van der Waals surface area contributed by atoms with Crippen LogP contribution in [0.15, 0.2) is 18.2 Å². The van der Waals surface area contributed by atoms with Crippen molar-refractivity contribution < 1.29 is 9.90 Å². The topological polar surface area (TPSA) is 40.5 Å². The number of aryl methyl sites for hydroxylation is 1. The van der Waals surface area contributed by atoms with Crippen molar-refractivity contribution in [3.05, 3.63) is 34.9 Å². The maximum atomic E-state index is 12.4. The highest BCUT2D eigenvalue weighted by Gasteiger charge is 2.22. The van der Waals surface area contributed by atoms with Gasteiger partial charge in [-0.1, -0.05) is 18.3 Å². The zero-order valence-corrected chi connectivity index (χ0v) is 12.9. The Morgan fingerprint density at radius 3 is 2.76 bits per heavy atom. The maximum Gasteiger partial charge on any atom is 0.253 e. The Hall–Kier alpha value is -1.79. The molecule has 0 unspecified atom stereocenters. The molecular formula is C18H23NO2. The number of amides is 1. The van der Waals surface area contributed by atoms with Crippen molar-refractivity contribution in [2.75, 3.05) is 20.2 Å². The fourth-order valence-electron chi connectivity index (χ4n) is 2.52. The third-order valence-electron chi connectivity index (χ3n) is 4.04. The number of hydrogen-bond donors (Lipinski definition) is 1. The van der Waals surface area contributed by atoms with Crippen LogP contribution in [-0.4, -0.2) is 36.1 Å². The molecule has 112 valence electrons. The Morgan fingerprint density at radius 1 is 1.43 bits per heavy atom. The van der Waals surface area contributed by atoms with E-state index in [1.54, 1.807) is 0 Å². The van der Waals surface area contributed by atoms with Gasteiger partial charge in [-0.2, -0.15) is 0 Å². The number of aliphatic hydroxyl groups excluding tert-OH is 1. The van der Waals surface area contributed by atoms with Gasteiger partial charge >= 0.3 is 0 Å². The van der Waals surface area contributed by atoms with E-state index in [0.29, 0.717) is 12.3 Å². The number of aliphatic hydroxyl groups is 1. The van der Waals surface area contributed by atoms with Gasteiger partial charge in [0.05, 0.1) is 6.61 Å². The van der Waals surface area contributed by atoms with Crippen LogP contribution in [0.5, 0.6) is 0 Å². The number of carbonyl (C=O) groups excluding carboxylic acids is 1. The Labute approximate surface area is 127 Å². The van der Waals surface area contributed by atoms with Crippen LogP contribution in [0, 0.1) is 24.7 Å². The van der Waals surface area contributed by atoms with E-state index < -0.39 is 0 Å². The van der Waals surface area contributed by atoms with E-state index in [1.165, 1.54) is 19.3 Å². The van der Waals surface area contributed by atoms with Crippen LogP contribution in [-0.2, 0) is 0 Å². The molecule has 0 heterocycles. The van der Waals surface area contributed by atoms with Gasteiger partial charge in [0, 0.05) is 31.1 Å². The van der Waals surface area contributed by atoms with Gasteiger partial charge in [-0.05, 0) is 49.4 Å². The van der Waals surface area contributed by atoms with Gasteiger partial charge in [-0.25, -0.2) is 0 Å². The molecule has 3 heteroatoms. The quantitative estimate of drug-likeness (QED) is 0.864. The number of nitrogens with zero attached hydrogens (tertiary/aromatic N) is 1. The first kappa shape index (κ1) is 15.6. The highest BCUT2D eigenvalue weighted by atomic mass is 16.2. The number of rotatable bonds is 4. The van der Waals surface area contributed by atoms with E-state index in [-0.39, 0.29) is 12.5 Å². The fourth-order valence-corrected chi connectivity index (χ4v) is 2.52. The van der Waals surface area contributed by atoms with Crippen LogP contribution < -0.4 is 0 Å². The second kappa shape index (κ2) is 7.28. The van der Waals surface area contributed by atoms with Crippen LogP contribution in [0.25, 0.3) is 0 Å². The lowest BCUT2D eigenvalue weighted by Gasteiger charge is -2.30. The number of carbonyl (C=O) groups is 1. The Balaban J connectivity index is 2.04. The average molecular weight is 285 g/mol. The van der Waals surface area contributed by atoms with Gasteiger partial charge in [-0.3, -0.25) is 4.79 Å². The Morgan fingerprint density at radius 2 is 2.19 bits per heavy atom. The monoisotopic (exact) mass is 285 g/mol. The van der Waals surface area contributed by atoms with E-state index >= 15 is 0 Å². The summed E-state index contributed by atoms with van der Waals surface area (Å²) in [5.41, 5.74) is 2.65. The molecule has 0 saturated heterocycles. The average Bonchev–Trinajstić information content (AvgIpc) is 2.43. The Kier molecular flexibility index (Phi) is 5.41. The molecule has 0 spiro atoms. The first-order valence-electron chi connectivity index (χ1n) is 7.57. The highest BCUT2D eigenvalue weighted by molar-refractivity contribution is 5.94. The van der Waals surface area contributed by atoms with Crippen molar-refractivity contribution in [3.63, 3.8) is 0 Å². The van der Waals surface area contributed by atoms with Gasteiger partial charge in [0.15, 0.2) is 0 Å². The lowest BCUT2D eigenvalue weighted by Crippen LogP contribution is -2.34. The van der Waals surface area contributed by atoms with Gasteiger partial charge in [0.1, 0.15) is 0 Å². The lowest BCUT2D eigenvalue weighted by molar-refractivity contribution is 0.0745. The van der Waals surface area contributed by atoms with E-state index in [0.717, 1.165) is 23.2 Å². The third kappa shape index (κ3) is 4.09. The van der Waals surface area contributed by atoms with Crippen LogP contribution in [0.2, 0.25) is 0 Å². The summed E-state index contributed by atoms with van der Waals surface area (Å²) in [6.45, 7) is 2.90. The molecule has 0 atom stereocenters. The minimum Gasteiger partial charge on any atom is -0.395 e. The second-order valence-corrected chi connectivity index (χ2v) is 5.79. The minimum atomic E-state index is 0.0780. The third-order valence-corrected chi connectivity index (χ3v) is 4.04. The van der Waals surface area contributed by atoms with E-state index in [4.69, 9.17) is 5.11 Å². The summed E-state index contributed by atoms with van der Waals surface area (Å²) >= 11 is 0. The summed E-state index contributed by atoms with van der Waals surface area (Å²) in [5.74, 6) is 6.70. The van der Waals surface area contributed by atoms with Crippen LogP contribution in [0.3, 0.4) is 0 Å². The molecule has 0 bridgehead atoms. The molecule has 1 N–H and O–H groups in total. The van der Waals surface area contributed by atoms with Crippen molar-refractivity contribution in [1.82, 2.24) is 4.90 Å². The molecule has 0 aromatic heterocycles. The molecular weight excluding hydrogens is 262 g/mol. The largest absolute Gasteiger partial charge is 0.395 e. The van der Waals surface area contributed by atoms with Gasteiger partial charge in [0.25, 0.3) is 5.91 Å². The predicted octanol–water partition coefficient (Wildman–Crippen LogP) is 2.60. The summed E-state index contributed by atoms with van der Waals surface area (Å²) in [4.78, 5) is 14.2. The van der Waals surface area contributed by atoms with Gasteiger partial charge in [0.2, 0.25) is 0 Å². The molecule has 3 nitrogen and oxygen atoms in total. The predicted molar refractivity (Wildman–Crippen MR) is 84.1 cm³/mol. The maximum absolute atomic E-state index is 12.4. The number of hydrogen-bond acceptors (Lipinski definition) is 2. The molecule has 2 rings (SSSR count). The first-order valence-corrected chi connectivity index (χ1v) is 7.57. The first-order chi connectivity index (χ1) is 10.1. The van der Waals surface area contributed by atoms with Crippen molar-refractivity contribution in [3.8, 4) is 11.8 Å². The molecule has 21 heavy (non-hydrogen) atoms. The van der Waals surface area contributed by atoms with Crippen molar-refractivity contribution in [2.24, 2.45) is 5.92 Å². The van der Waals surface area contributed by atoms with E-state index in [2.05, 4.69) is 11.8 Å². The van der Waals surface area contributed by atoms with Gasteiger partial charge < -0.3 is 10.0 Å². The molecule has 1 aromatic rings. The van der Waals surface area contributed by atoms with Crippen molar-refractivity contribution in [1.29, 1.82) is 0 Å². The summed E-state index contributed by atoms with van der Waals surface area (Å²) in [6, 6.07) is 5.64. The van der Waals surface area contributed by atoms with Crippen LogP contribution >= 0.6 is 0 Å². The molecule has 1 aliphatic rings. The zero-order valence-electron chi connectivity index (χ0n) is 12.9. The molecule has 1 aromatic carbocycles. The standard InChI is InChI=1S/C18H23NO2/c1-14-12-17(10-9-16(14)8-3-4-11-20)18(21)19(2)13-15-6-5-7-15/h9-10,12,15,20H,4-7,11,13H2,1-2H3. The van der Waals surface area contributed by atoms with Crippen LogP contribution in [0.4, 0.5) is 0 Å². The van der Waals surface area contributed by atoms with Crippen LogP contribution in [0.1, 0.15) is 47.2 Å². The lowest BCUT2D eigenvalue weighted by atomic mass is 9.85. The summed E-state index contributed by atoms with van der Waals surface area (Å²) in [6.07, 6.45) is 4.27. The molecule has 1 saturated carbocycles. The second-order valence-electron chi connectivity index (χ2n) is 5.79. The SMILES string of the molecule is Cc1cc(C(=O)N(C)CC2CCC2)ccc1C#CCCO. The molecule has 1 amide bonds. The van der Waals surface area contributed by atoms with Crippen molar-refractivity contribution >= 4 is 5.91 Å². The smallest absolute Gasteiger partial charge is 0.253 e.